The minimum Gasteiger partial charge on any atom is -0.382 e. The number of fused-ring (bicyclic) bond motifs is 1. The van der Waals surface area contributed by atoms with Gasteiger partial charge in [-0.1, -0.05) is 0 Å². The first-order valence-corrected chi connectivity index (χ1v) is 6.80. The minimum atomic E-state index is -0.247. The third-order valence-electron chi connectivity index (χ3n) is 3.13. The average molecular weight is 282 g/mol. The molecule has 1 unspecified atom stereocenters. The first kappa shape index (κ1) is 14.3. The summed E-state index contributed by atoms with van der Waals surface area (Å²) in [6.07, 6.45) is 0. The van der Waals surface area contributed by atoms with Crippen LogP contribution in [0.3, 0.4) is 0 Å². The summed E-state index contributed by atoms with van der Waals surface area (Å²) in [6.45, 7) is 8.68. The molecule has 0 aromatic carbocycles. The molecule has 0 radical (unpaired) electrons. The van der Waals surface area contributed by atoms with Gasteiger partial charge in [0.1, 0.15) is 11.3 Å². The smallest absolute Gasteiger partial charge is 0.160 e. The molecule has 0 aliphatic carbocycles. The molecule has 0 aliphatic rings. The van der Waals surface area contributed by atoms with E-state index in [1.807, 2.05) is 26.0 Å². The van der Waals surface area contributed by atoms with Crippen molar-refractivity contribution in [3.8, 4) is 0 Å². The molecule has 2 heterocycles. The van der Waals surface area contributed by atoms with E-state index in [1.54, 1.807) is 7.11 Å². The summed E-state index contributed by atoms with van der Waals surface area (Å²) in [4.78, 5) is 9.23. The minimum absolute atomic E-state index is 0.175. The van der Waals surface area contributed by atoms with Crippen LogP contribution in [-0.4, -0.2) is 28.3 Å². The van der Waals surface area contributed by atoms with Crippen LogP contribution >= 0.6 is 11.6 Å². The quantitative estimate of drug-likeness (QED) is 0.806. The fraction of sp³-hybridized carbons (Fsp3) is 0.571. The standard InChI is InChI=1S/C14H20ClN3O/c1-9-6-7-11-13(16-9)18(12(17-11)10(2)15)14(3,4)8-19-5/h6-7,10H,8H2,1-5H3. The maximum absolute atomic E-state index is 6.27. The largest absolute Gasteiger partial charge is 0.382 e. The van der Waals surface area contributed by atoms with Gasteiger partial charge in [-0.15, -0.1) is 11.6 Å². The molecule has 0 bridgehead atoms. The van der Waals surface area contributed by atoms with Gasteiger partial charge in [-0.05, 0) is 39.8 Å². The topological polar surface area (TPSA) is 39.9 Å². The van der Waals surface area contributed by atoms with Crippen LogP contribution in [0.4, 0.5) is 0 Å². The van der Waals surface area contributed by atoms with Gasteiger partial charge in [-0.3, -0.25) is 0 Å². The number of nitrogens with zero attached hydrogens (tertiary/aromatic N) is 3. The molecule has 2 rings (SSSR count). The summed E-state index contributed by atoms with van der Waals surface area (Å²) in [7, 11) is 1.70. The lowest BCUT2D eigenvalue weighted by Gasteiger charge is -2.28. The zero-order valence-corrected chi connectivity index (χ0v) is 12.8. The number of ether oxygens (including phenoxy) is 1. The molecule has 0 aliphatic heterocycles. The SMILES string of the molecule is COCC(C)(C)n1c(C(C)Cl)nc2ccc(C)nc21. The van der Waals surface area contributed by atoms with Crippen LogP contribution in [0.25, 0.3) is 11.2 Å². The van der Waals surface area contributed by atoms with Crippen molar-refractivity contribution in [2.75, 3.05) is 13.7 Å². The van der Waals surface area contributed by atoms with Crippen molar-refractivity contribution in [2.45, 2.75) is 38.6 Å². The molecular formula is C14H20ClN3O. The van der Waals surface area contributed by atoms with Crippen molar-refractivity contribution in [3.05, 3.63) is 23.7 Å². The fourth-order valence-electron chi connectivity index (χ4n) is 2.35. The Bertz CT molecular complexity index is 590. The molecule has 0 saturated heterocycles. The van der Waals surface area contributed by atoms with E-state index in [2.05, 4.69) is 28.4 Å². The van der Waals surface area contributed by atoms with Gasteiger partial charge < -0.3 is 9.30 Å². The Kier molecular flexibility index (Phi) is 3.83. The molecular weight excluding hydrogens is 262 g/mol. The number of aryl methyl sites for hydroxylation is 1. The molecule has 0 spiro atoms. The van der Waals surface area contributed by atoms with E-state index >= 15 is 0 Å². The third kappa shape index (κ3) is 2.60. The summed E-state index contributed by atoms with van der Waals surface area (Å²) in [5.41, 5.74) is 2.46. The van der Waals surface area contributed by atoms with Gasteiger partial charge in [0.15, 0.2) is 5.65 Å². The first-order valence-electron chi connectivity index (χ1n) is 6.36. The summed E-state index contributed by atoms with van der Waals surface area (Å²) in [5, 5.41) is -0.175. The highest BCUT2D eigenvalue weighted by atomic mass is 35.5. The molecule has 4 nitrogen and oxygen atoms in total. The lowest BCUT2D eigenvalue weighted by Crippen LogP contribution is -2.33. The number of alkyl halides is 1. The summed E-state index contributed by atoms with van der Waals surface area (Å²) >= 11 is 6.27. The van der Waals surface area contributed by atoms with E-state index in [0.29, 0.717) is 6.61 Å². The Hall–Kier alpha value is -1.13. The van der Waals surface area contributed by atoms with Crippen molar-refractivity contribution < 1.29 is 4.74 Å². The first-order chi connectivity index (χ1) is 8.86. The zero-order valence-electron chi connectivity index (χ0n) is 12.1. The second-order valence-corrected chi connectivity index (χ2v) is 6.12. The van der Waals surface area contributed by atoms with Crippen LogP contribution in [0, 0.1) is 6.92 Å². The number of hydrogen-bond acceptors (Lipinski definition) is 3. The molecule has 2 aromatic heterocycles. The number of methoxy groups -OCH3 is 1. The Balaban J connectivity index is 2.73. The van der Waals surface area contributed by atoms with Crippen molar-refractivity contribution >= 4 is 22.8 Å². The second-order valence-electron chi connectivity index (χ2n) is 5.46. The molecule has 19 heavy (non-hydrogen) atoms. The molecule has 0 amide bonds. The van der Waals surface area contributed by atoms with Crippen LogP contribution in [-0.2, 0) is 10.3 Å². The maximum atomic E-state index is 6.27. The van der Waals surface area contributed by atoms with Gasteiger partial charge in [0.25, 0.3) is 0 Å². The van der Waals surface area contributed by atoms with Gasteiger partial charge in [-0.25, -0.2) is 9.97 Å². The van der Waals surface area contributed by atoms with Gasteiger partial charge in [0.05, 0.1) is 17.5 Å². The summed E-state index contributed by atoms with van der Waals surface area (Å²) < 4.78 is 7.42. The van der Waals surface area contributed by atoms with Crippen LogP contribution in [0.15, 0.2) is 12.1 Å². The Morgan fingerprint density at radius 2 is 2.05 bits per heavy atom. The van der Waals surface area contributed by atoms with Crippen molar-refractivity contribution in [1.29, 1.82) is 0 Å². The molecule has 5 heteroatoms. The van der Waals surface area contributed by atoms with E-state index in [-0.39, 0.29) is 10.9 Å². The van der Waals surface area contributed by atoms with Crippen molar-refractivity contribution in [1.82, 2.24) is 14.5 Å². The van der Waals surface area contributed by atoms with Crippen molar-refractivity contribution in [2.24, 2.45) is 0 Å². The summed E-state index contributed by atoms with van der Waals surface area (Å²) in [5.74, 6) is 0.830. The van der Waals surface area contributed by atoms with E-state index < -0.39 is 0 Å². The molecule has 104 valence electrons. The van der Waals surface area contributed by atoms with Crippen LogP contribution in [0.2, 0.25) is 0 Å². The maximum Gasteiger partial charge on any atom is 0.160 e. The Labute approximate surface area is 118 Å². The third-order valence-corrected chi connectivity index (χ3v) is 3.32. The summed E-state index contributed by atoms with van der Waals surface area (Å²) in [6, 6.07) is 3.95. The number of pyridine rings is 1. The monoisotopic (exact) mass is 281 g/mol. The molecule has 1 atom stereocenters. The van der Waals surface area contributed by atoms with Gasteiger partial charge in [-0.2, -0.15) is 0 Å². The second kappa shape index (κ2) is 5.10. The number of aromatic nitrogens is 3. The van der Waals surface area contributed by atoms with Crippen LogP contribution < -0.4 is 0 Å². The predicted molar refractivity (Wildman–Crippen MR) is 77.7 cm³/mol. The highest BCUT2D eigenvalue weighted by Crippen LogP contribution is 2.30. The Morgan fingerprint density at radius 1 is 1.37 bits per heavy atom. The lowest BCUT2D eigenvalue weighted by molar-refractivity contribution is 0.110. The normalized spacial score (nSPS) is 14.0. The molecule has 0 N–H and O–H groups in total. The zero-order chi connectivity index (χ0) is 14.2. The van der Waals surface area contributed by atoms with Crippen LogP contribution in [0.1, 0.15) is 37.7 Å². The van der Waals surface area contributed by atoms with Gasteiger partial charge in [0.2, 0.25) is 0 Å². The van der Waals surface area contributed by atoms with E-state index in [0.717, 1.165) is 22.7 Å². The number of imidazole rings is 1. The number of halogens is 1. The van der Waals surface area contributed by atoms with Crippen LogP contribution in [0.5, 0.6) is 0 Å². The molecule has 0 saturated carbocycles. The van der Waals surface area contributed by atoms with Gasteiger partial charge in [0, 0.05) is 12.8 Å². The highest BCUT2D eigenvalue weighted by molar-refractivity contribution is 6.20. The fourth-order valence-corrected chi connectivity index (χ4v) is 2.50. The average Bonchev–Trinajstić information content (AvgIpc) is 2.68. The van der Waals surface area contributed by atoms with Gasteiger partial charge >= 0.3 is 0 Å². The van der Waals surface area contributed by atoms with E-state index in [9.17, 15) is 0 Å². The molecule has 2 aromatic rings. The van der Waals surface area contributed by atoms with E-state index in [4.69, 9.17) is 16.3 Å². The lowest BCUT2D eigenvalue weighted by atomic mass is 10.1. The predicted octanol–water partition coefficient (Wildman–Crippen LogP) is 3.42. The molecule has 0 fully saturated rings. The highest BCUT2D eigenvalue weighted by Gasteiger charge is 2.28. The number of rotatable bonds is 4. The van der Waals surface area contributed by atoms with Crippen molar-refractivity contribution in [3.63, 3.8) is 0 Å². The Morgan fingerprint density at radius 3 is 2.63 bits per heavy atom. The van der Waals surface area contributed by atoms with E-state index in [1.165, 1.54) is 0 Å². The number of hydrogen-bond donors (Lipinski definition) is 0.